The van der Waals surface area contributed by atoms with E-state index in [9.17, 15) is 9.59 Å². The van der Waals surface area contributed by atoms with Crippen LogP contribution in [0.25, 0.3) is 0 Å². The van der Waals surface area contributed by atoms with Gasteiger partial charge in [0.15, 0.2) is 0 Å². The average Bonchev–Trinajstić information content (AvgIpc) is 2.11. The Morgan fingerprint density at radius 1 is 1.15 bits per heavy atom. The molecule has 0 rings (SSSR count). The second-order valence-electron chi connectivity index (χ2n) is 3.20. The fourth-order valence-electron chi connectivity index (χ4n) is 0.928. The molecule has 0 aliphatic carbocycles. The topological polar surface area (TPSA) is 89.4 Å². The second kappa shape index (κ2) is 5.66. The van der Waals surface area contributed by atoms with Gasteiger partial charge in [-0.2, -0.15) is 0 Å². The fraction of sp³-hybridized carbons (Fsp3) is 0.750. The lowest BCUT2D eigenvalue weighted by atomic mass is 10.2. The van der Waals surface area contributed by atoms with E-state index < -0.39 is 0 Å². The molecule has 0 radical (unpaired) electrons. The molecule has 5 heteroatoms. The molecule has 0 aromatic heterocycles. The monoisotopic (exact) mass is 187 g/mol. The lowest BCUT2D eigenvalue weighted by Crippen LogP contribution is -2.45. The summed E-state index contributed by atoms with van der Waals surface area (Å²) in [6.45, 7) is 3.91. The molecule has 0 heterocycles. The Balaban J connectivity index is 4.36. The third-order valence-corrected chi connectivity index (χ3v) is 1.50. The van der Waals surface area contributed by atoms with E-state index in [1.807, 2.05) is 13.8 Å². The maximum absolute atomic E-state index is 11.2. The Bertz CT molecular complexity index is 176. The molecule has 2 amide bonds. The maximum atomic E-state index is 11.2. The van der Waals surface area contributed by atoms with Crippen LogP contribution in [-0.2, 0) is 9.59 Å². The summed E-state index contributed by atoms with van der Waals surface area (Å²) in [5.74, 6) is -0.515. The van der Waals surface area contributed by atoms with E-state index in [0.717, 1.165) is 4.90 Å². The number of carbonyl (C=O) groups excluding carboxylic acids is 2. The normalized spacial score (nSPS) is 10.2. The van der Waals surface area contributed by atoms with Gasteiger partial charge >= 0.3 is 0 Å². The van der Waals surface area contributed by atoms with Crippen LogP contribution in [0.1, 0.15) is 13.8 Å². The number of rotatable bonds is 4. The van der Waals surface area contributed by atoms with Crippen molar-refractivity contribution in [2.24, 2.45) is 17.4 Å². The molecule has 0 atom stereocenters. The van der Waals surface area contributed by atoms with E-state index in [0.29, 0.717) is 6.54 Å². The highest BCUT2D eigenvalue weighted by atomic mass is 16.2. The number of hydrogen-bond donors (Lipinski definition) is 2. The van der Waals surface area contributed by atoms with Gasteiger partial charge in [0.05, 0.1) is 13.1 Å². The van der Waals surface area contributed by atoms with Crippen LogP contribution in [0.4, 0.5) is 0 Å². The number of imide groups is 1. The number of nitrogens with zero attached hydrogens (tertiary/aromatic N) is 1. The zero-order valence-corrected chi connectivity index (χ0v) is 8.12. The third kappa shape index (κ3) is 4.00. The van der Waals surface area contributed by atoms with E-state index in [1.54, 1.807) is 0 Å². The molecular formula is C8H17N3O2. The second-order valence-corrected chi connectivity index (χ2v) is 3.20. The van der Waals surface area contributed by atoms with Gasteiger partial charge in [0.1, 0.15) is 0 Å². The number of nitrogens with two attached hydrogens (primary N) is 2. The molecule has 0 fully saturated rings. The van der Waals surface area contributed by atoms with E-state index >= 15 is 0 Å². The van der Waals surface area contributed by atoms with Crippen LogP contribution in [0, 0.1) is 5.92 Å². The van der Waals surface area contributed by atoms with Crippen molar-refractivity contribution < 1.29 is 9.59 Å². The predicted octanol–water partition coefficient (Wildman–Crippen LogP) is -1.08. The zero-order valence-electron chi connectivity index (χ0n) is 8.12. The summed E-state index contributed by atoms with van der Waals surface area (Å²) < 4.78 is 0. The summed E-state index contributed by atoms with van der Waals surface area (Å²) >= 11 is 0. The van der Waals surface area contributed by atoms with E-state index in [2.05, 4.69) is 0 Å². The minimum Gasteiger partial charge on any atom is -0.322 e. The molecule has 0 spiro atoms. The molecule has 0 saturated heterocycles. The molecule has 76 valence electrons. The summed E-state index contributed by atoms with van der Waals surface area (Å²) in [6.07, 6.45) is 0. The molecule has 13 heavy (non-hydrogen) atoms. The summed E-state index contributed by atoms with van der Waals surface area (Å²) in [7, 11) is 0. The molecule has 0 unspecified atom stereocenters. The Kier molecular flexibility index (Phi) is 5.25. The SMILES string of the molecule is CC(C)CN(C(=O)CN)C(=O)CN. The first-order valence-electron chi connectivity index (χ1n) is 4.26. The molecule has 0 saturated carbocycles. The minimum absolute atomic E-state index is 0.154. The van der Waals surface area contributed by atoms with Crippen LogP contribution >= 0.6 is 0 Å². The van der Waals surface area contributed by atoms with Crippen molar-refractivity contribution in [3.8, 4) is 0 Å². The van der Waals surface area contributed by atoms with Gasteiger partial charge < -0.3 is 11.5 Å². The first kappa shape index (κ1) is 12.1. The standard InChI is InChI=1S/C8H17N3O2/c1-6(2)5-11(7(12)3-9)8(13)4-10/h6H,3-5,9-10H2,1-2H3. The largest absolute Gasteiger partial charge is 0.322 e. The van der Waals surface area contributed by atoms with Gasteiger partial charge in [-0.1, -0.05) is 13.8 Å². The lowest BCUT2D eigenvalue weighted by Gasteiger charge is -2.21. The van der Waals surface area contributed by atoms with Crippen LogP contribution in [0.15, 0.2) is 0 Å². The summed E-state index contributed by atoms with van der Waals surface area (Å²) in [6, 6.07) is 0. The first-order chi connectivity index (χ1) is 6.02. The molecule has 4 N–H and O–H groups in total. The number of hydrogen-bond acceptors (Lipinski definition) is 4. The highest BCUT2D eigenvalue weighted by Gasteiger charge is 2.19. The van der Waals surface area contributed by atoms with Gasteiger partial charge in [-0.3, -0.25) is 14.5 Å². The third-order valence-electron chi connectivity index (χ3n) is 1.50. The van der Waals surface area contributed by atoms with Crippen LogP contribution in [0.2, 0.25) is 0 Å². The maximum Gasteiger partial charge on any atom is 0.242 e. The van der Waals surface area contributed by atoms with Gasteiger partial charge in [0.25, 0.3) is 0 Å². The van der Waals surface area contributed by atoms with Crippen molar-refractivity contribution in [1.82, 2.24) is 4.90 Å². The fourth-order valence-corrected chi connectivity index (χ4v) is 0.928. The molecule has 0 aliphatic heterocycles. The quantitative estimate of drug-likeness (QED) is 0.585. The molecule has 0 aromatic carbocycles. The summed E-state index contributed by atoms with van der Waals surface area (Å²) in [5.41, 5.74) is 10.3. The van der Waals surface area contributed by atoms with Crippen LogP contribution in [0.3, 0.4) is 0 Å². The number of carbonyl (C=O) groups is 2. The Hall–Kier alpha value is -0.940. The van der Waals surface area contributed by atoms with Gasteiger partial charge in [-0.25, -0.2) is 0 Å². The highest BCUT2D eigenvalue weighted by Crippen LogP contribution is 1.98. The highest BCUT2D eigenvalue weighted by molar-refractivity contribution is 5.96. The van der Waals surface area contributed by atoms with E-state index in [1.165, 1.54) is 0 Å². The predicted molar refractivity (Wildman–Crippen MR) is 49.7 cm³/mol. The zero-order chi connectivity index (χ0) is 10.4. The summed E-state index contributed by atoms with van der Waals surface area (Å²) in [4.78, 5) is 23.5. The Labute approximate surface area is 78.1 Å². The van der Waals surface area contributed by atoms with Gasteiger partial charge in [0.2, 0.25) is 11.8 Å². The van der Waals surface area contributed by atoms with Gasteiger partial charge in [-0.05, 0) is 5.92 Å². The van der Waals surface area contributed by atoms with Crippen molar-refractivity contribution in [2.75, 3.05) is 19.6 Å². The van der Waals surface area contributed by atoms with Gasteiger partial charge in [0, 0.05) is 6.54 Å². The Morgan fingerprint density at radius 3 is 1.77 bits per heavy atom. The van der Waals surface area contributed by atoms with Crippen LogP contribution in [0.5, 0.6) is 0 Å². The van der Waals surface area contributed by atoms with Crippen molar-refractivity contribution in [2.45, 2.75) is 13.8 Å². The van der Waals surface area contributed by atoms with Gasteiger partial charge in [-0.15, -0.1) is 0 Å². The molecule has 0 bridgehead atoms. The molecule has 0 aliphatic rings. The van der Waals surface area contributed by atoms with Crippen molar-refractivity contribution in [3.63, 3.8) is 0 Å². The van der Waals surface area contributed by atoms with Crippen molar-refractivity contribution >= 4 is 11.8 Å². The smallest absolute Gasteiger partial charge is 0.242 e. The first-order valence-corrected chi connectivity index (χ1v) is 4.26. The van der Waals surface area contributed by atoms with Crippen molar-refractivity contribution in [3.05, 3.63) is 0 Å². The van der Waals surface area contributed by atoms with E-state index in [4.69, 9.17) is 11.5 Å². The van der Waals surface area contributed by atoms with Crippen LogP contribution in [-0.4, -0.2) is 36.3 Å². The molecule has 5 nitrogen and oxygen atoms in total. The molecule has 0 aromatic rings. The molecular weight excluding hydrogens is 170 g/mol. The van der Waals surface area contributed by atoms with E-state index in [-0.39, 0.29) is 30.8 Å². The average molecular weight is 187 g/mol. The van der Waals surface area contributed by atoms with Crippen molar-refractivity contribution in [1.29, 1.82) is 0 Å². The minimum atomic E-state index is -0.371. The lowest BCUT2D eigenvalue weighted by molar-refractivity contribution is -0.143. The number of amides is 2. The summed E-state index contributed by atoms with van der Waals surface area (Å²) in [5, 5.41) is 0. The van der Waals surface area contributed by atoms with Crippen LogP contribution < -0.4 is 11.5 Å². The Morgan fingerprint density at radius 2 is 1.54 bits per heavy atom.